The number of halogens is 1. The zero-order valence-corrected chi connectivity index (χ0v) is 14.0. The van der Waals surface area contributed by atoms with Gasteiger partial charge in [-0.3, -0.25) is 14.9 Å². The second-order valence-corrected chi connectivity index (χ2v) is 5.13. The van der Waals surface area contributed by atoms with Gasteiger partial charge in [-0.25, -0.2) is 9.82 Å². The van der Waals surface area contributed by atoms with Crippen molar-refractivity contribution in [1.29, 1.82) is 0 Å². The van der Waals surface area contributed by atoms with Gasteiger partial charge in [-0.2, -0.15) is 5.10 Å². The second-order valence-electron chi connectivity index (χ2n) is 5.13. The first-order valence-electron chi connectivity index (χ1n) is 7.65. The molecule has 0 spiro atoms. The van der Waals surface area contributed by atoms with Gasteiger partial charge in [-0.15, -0.1) is 6.42 Å². The number of rotatable bonds is 8. The van der Waals surface area contributed by atoms with Crippen molar-refractivity contribution in [2.45, 2.75) is 0 Å². The van der Waals surface area contributed by atoms with Crippen molar-refractivity contribution >= 4 is 23.5 Å². The van der Waals surface area contributed by atoms with Crippen LogP contribution in [0.3, 0.4) is 0 Å². The lowest BCUT2D eigenvalue weighted by Gasteiger charge is -2.07. The topological polar surface area (TPSA) is 106 Å². The van der Waals surface area contributed by atoms with E-state index in [1.54, 1.807) is 0 Å². The standard InChI is InChI=1S/C18H15FN4O4/c1-2-9-27-17-8-7-16(23(25)26)10-13(17)11-21-22-18(24)12-20-15-5-3-14(19)4-6-15/h1,3-8,10-11,20H,9,12H2,(H,22,24)/b21-11-. The molecule has 0 unspecified atom stereocenters. The normalized spacial score (nSPS) is 10.2. The molecular formula is C18H15FN4O4. The Kier molecular flexibility index (Phi) is 6.84. The molecule has 8 nitrogen and oxygen atoms in total. The number of anilines is 1. The number of benzene rings is 2. The molecule has 0 saturated heterocycles. The van der Waals surface area contributed by atoms with Crippen LogP contribution in [0.15, 0.2) is 47.6 Å². The van der Waals surface area contributed by atoms with Gasteiger partial charge in [0.2, 0.25) is 0 Å². The van der Waals surface area contributed by atoms with Gasteiger partial charge < -0.3 is 10.1 Å². The highest BCUT2D eigenvalue weighted by atomic mass is 19.1. The molecule has 2 rings (SSSR count). The summed E-state index contributed by atoms with van der Waals surface area (Å²) in [5.74, 6) is 1.74. The van der Waals surface area contributed by atoms with Crippen LogP contribution in [-0.4, -0.2) is 30.2 Å². The van der Waals surface area contributed by atoms with Crippen LogP contribution in [0.25, 0.3) is 0 Å². The van der Waals surface area contributed by atoms with Crippen LogP contribution >= 0.6 is 0 Å². The molecule has 0 fully saturated rings. The molecule has 2 aromatic carbocycles. The smallest absolute Gasteiger partial charge is 0.270 e. The summed E-state index contributed by atoms with van der Waals surface area (Å²) in [6, 6.07) is 9.42. The third-order valence-corrected chi connectivity index (χ3v) is 3.21. The summed E-state index contributed by atoms with van der Waals surface area (Å²) in [6.45, 7) is -0.120. The van der Waals surface area contributed by atoms with Crippen molar-refractivity contribution in [3.63, 3.8) is 0 Å². The zero-order chi connectivity index (χ0) is 19.6. The Hall–Kier alpha value is -3.93. The Labute approximate surface area is 154 Å². The van der Waals surface area contributed by atoms with E-state index in [1.165, 1.54) is 48.7 Å². The number of ether oxygens (including phenoxy) is 1. The molecule has 27 heavy (non-hydrogen) atoms. The molecule has 0 aliphatic carbocycles. The van der Waals surface area contributed by atoms with Crippen molar-refractivity contribution < 1.29 is 18.8 Å². The number of non-ortho nitro benzene ring substituents is 1. The summed E-state index contributed by atoms with van der Waals surface area (Å²) in [6.07, 6.45) is 6.35. The molecule has 1 amide bonds. The van der Waals surface area contributed by atoms with Gasteiger partial charge in [0.25, 0.3) is 11.6 Å². The van der Waals surface area contributed by atoms with Crippen molar-refractivity contribution in [1.82, 2.24) is 5.43 Å². The minimum absolute atomic E-state index is 0.0212. The Morgan fingerprint density at radius 1 is 1.33 bits per heavy atom. The van der Waals surface area contributed by atoms with E-state index in [4.69, 9.17) is 11.2 Å². The lowest BCUT2D eigenvalue weighted by atomic mass is 10.2. The number of amides is 1. The van der Waals surface area contributed by atoms with Gasteiger partial charge in [-0.1, -0.05) is 5.92 Å². The van der Waals surface area contributed by atoms with Gasteiger partial charge >= 0.3 is 0 Å². The fourth-order valence-corrected chi connectivity index (χ4v) is 1.96. The minimum Gasteiger partial charge on any atom is -0.480 e. The summed E-state index contributed by atoms with van der Waals surface area (Å²) in [7, 11) is 0. The molecule has 0 aliphatic rings. The maximum atomic E-state index is 12.8. The number of hydrogen-bond donors (Lipinski definition) is 2. The number of hydrogen-bond acceptors (Lipinski definition) is 6. The van der Waals surface area contributed by atoms with Crippen LogP contribution in [0.4, 0.5) is 15.8 Å². The first kappa shape index (κ1) is 19.4. The van der Waals surface area contributed by atoms with Crippen LogP contribution in [0.5, 0.6) is 5.75 Å². The van der Waals surface area contributed by atoms with E-state index >= 15 is 0 Å². The molecule has 0 aromatic heterocycles. The molecule has 2 aromatic rings. The number of hydrazone groups is 1. The first-order chi connectivity index (χ1) is 13.0. The maximum Gasteiger partial charge on any atom is 0.270 e. The van der Waals surface area contributed by atoms with Gasteiger partial charge in [-0.05, 0) is 30.3 Å². The summed E-state index contributed by atoms with van der Waals surface area (Å²) in [5, 5.41) is 17.4. The Bertz CT molecular complexity index is 891. The summed E-state index contributed by atoms with van der Waals surface area (Å²) in [5.41, 5.74) is 2.97. The highest BCUT2D eigenvalue weighted by Gasteiger charge is 2.10. The third kappa shape index (κ3) is 6.13. The average Bonchev–Trinajstić information content (AvgIpc) is 2.66. The van der Waals surface area contributed by atoms with Crippen LogP contribution in [0.1, 0.15) is 5.56 Å². The molecule has 0 atom stereocenters. The summed E-state index contributed by atoms with van der Waals surface area (Å²) < 4.78 is 18.1. The number of nitro groups is 1. The number of nitrogens with zero attached hydrogens (tertiary/aromatic N) is 2. The van der Waals surface area contributed by atoms with Crippen LogP contribution < -0.4 is 15.5 Å². The maximum absolute atomic E-state index is 12.8. The Morgan fingerprint density at radius 2 is 2.07 bits per heavy atom. The van der Waals surface area contributed by atoms with E-state index in [1.807, 2.05) is 0 Å². The van der Waals surface area contributed by atoms with Crippen molar-refractivity contribution in [2.75, 3.05) is 18.5 Å². The van der Waals surface area contributed by atoms with Crippen LogP contribution in [0, 0.1) is 28.3 Å². The molecule has 0 saturated carbocycles. The highest BCUT2D eigenvalue weighted by molar-refractivity contribution is 5.87. The third-order valence-electron chi connectivity index (χ3n) is 3.21. The van der Waals surface area contributed by atoms with Gasteiger partial charge in [0.15, 0.2) is 0 Å². The number of carbonyl (C=O) groups excluding carboxylic acids is 1. The molecule has 2 N–H and O–H groups in total. The van der Waals surface area contributed by atoms with E-state index in [2.05, 4.69) is 21.8 Å². The van der Waals surface area contributed by atoms with E-state index in [-0.39, 0.29) is 30.2 Å². The number of terminal acetylenes is 1. The van der Waals surface area contributed by atoms with E-state index in [9.17, 15) is 19.3 Å². The van der Waals surface area contributed by atoms with Crippen LogP contribution in [0.2, 0.25) is 0 Å². The van der Waals surface area contributed by atoms with Gasteiger partial charge in [0.05, 0.1) is 17.7 Å². The monoisotopic (exact) mass is 370 g/mol. The number of nitro benzene ring substituents is 1. The first-order valence-corrected chi connectivity index (χ1v) is 7.65. The molecule has 0 bridgehead atoms. The lowest BCUT2D eigenvalue weighted by Crippen LogP contribution is -2.25. The van der Waals surface area contributed by atoms with Gasteiger partial charge in [0, 0.05) is 23.4 Å². The Morgan fingerprint density at radius 3 is 2.74 bits per heavy atom. The lowest BCUT2D eigenvalue weighted by molar-refractivity contribution is -0.384. The number of nitrogens with one attached hydrogen (secondary N) is 2. The summed E-state index contributed by atoms with van der Waals surface area (Å²) in [4.78, 5) is 22.1. The van der Waals surface area contributed by atoms with Gasteiger partial charge in [0.1, 0.15) is 18.2 Å². The predicted molar refractivity (Wildman–Crippen MR) is 98.1 cm³/mol. The molecular weight excluding hydrogens is 355 g/mol. The molecule has 0 radical (unpaired) electrons. The predicted octanol–water partition coefficient (Wildman–Crippen LogP) is 2.31. The van der Waals surface area contributed by atoms with E-state index in [0.29, 0.717) is 11.4 Å². The van der Waals surface area contributed by atoms with Crippen molar-refractivity contribution in [3.8, 4) is 18.1 Å². The molecule has 0 heterocycles. The Balaban J connectivity index is 1.97. The zero-order valence-electron chi connectivity index (χ0n) is 14.0. The van der Waals surface area contributed by atoms with Crippen molar-refractivity contribution in [2.24, 2.45) is 5.10 Å². The fourth-order valence-electron chi connectivity index (χ4n) is 1.96. The minimum atomic E-state index is -0.562. The fraction of sp³-hybridized carbons (Fsp3) is 0.111. The number of carbonyl (C=O) groups is 1. The SMILES string of the molecule is C#CCOc1ccc([N+](=O)[O-])cc1/C=N\NC(=O)CNc1ccc(F)cc1. The summed E-state index contributed by atoms with van der Waals surface area (Å²) >= 11 is 0. The van der Waals surface area contributed by atoms with Crippen LogP contribution in [-0.2, 0) is 4.79 Å². The molecule has 138 valence electrons. The second kappa shape index (κ2) is 9.53. The average molecular weight is 370 g/mol. The molecule has 9 heteroatoms. The highest BCUT2D eigenvalue weighted by Crippen LogP contribution is 2.22. The largest absolute Gasteiger partial charge is 0.480 e. The van der Waals surface area contributed by atoms with E-state index < -0.39 is 10.8 Å². The van der Waals surface area contributed by atoms with Crippen molar-refractivity contribution in [3.05, 3.63) is 64.0 Å². The quantitative estimate of drug-likeness (QED) is 0.321. The molecule has 0 aliphatic heterocycles. The van der Waals surface area contributed by atoms with E-state index in [0.717, 1.165) is 0 Å².